The number of nitrogens with one attached hydrogen (secondary N) is 1. The average molecular weight is 247 g/mol. The summed E-state index contributed by atoms with van der Waals surface area (Å²) in [4.78, 5) is 0. The minimum atomic E-state index is 0.986. The van der Waals surface area contributed by atoms with Crippen LogP contribution in [-0.2, 0) is 0 Å². The lowest BCUT2D eigenvalue weighted by atomic mass is 10.3. The fourth-order valence-corrected chi connectivity index (χ4v) is 1.35. The van der Waals surface area contributed by atoms with Gasteiger partial charge in [0.05, 0.1) is 0 Å². The molecule has 1 aromatic carbocycles. The fraction of sp³-hybridized carbons (Fsp3) is 0.250. The molecule has 0 radical (unpaired) electrons. The maximum atomic E-state index is 3.24. The van der Waals surface area contributed by atoms with E-state index in [-0.39, 0.29) is 0 Å². The monoisotopic (exact) mass is 247 g/mol. The molecule has 54 valence electrons. The molecule has 10 heavy (non-hydrogen) atoms. The van der Waals surface area contributed by atoms with Gasteiger partial charge in [0, 0.05) is 15.8 Å². The molecular weight excluding hydrogens is 237 g/mol. The second-order valence-corrected chi connectivity index (χ2v) is 3.29. The summed E-state index contributed by atoms with van der Waals surface area (Å²) in [6.07, 6.45) is 0. The van der Waals surface area contributed by atoms with Crippen molar-refractivity contribution in [3.05, 3.63) is 27.8 Å². The van der Waals surface area contributed by atoms with Gasteiger partial charge < -0.3 is 5.32 Å². The molecule has 0 bridgehead atoms. The quantitative estimate of drug-likeness (QED) is 0.792. The van der Waals surface area contributed by atoms with Crippen molar-refractivity contribution >= 4 is 28.3 Å². The molecule has 0 saturated carbocycles. The van der Waals surface area contributed by atoms with Crippen molar-refractivity contribution in [2.75, 3.05) is 11.9 Å². The Labute approximate surface area is 75.0 Å². The van der Waals surface area contributed by atoms with Gasteiger partial charge in [-0.05, 0) is 47.7 Å². The Morgan fingerprint density at radius 2 is 2.30 bits per heavy atom. The third kappa shape index (κ3) is 2.17. The van der Waals surface area contributed by atoms with E-state index < -0.39 is 0 Å². The van der Waals surface area contributed by atoms with E-state index in [0.717, 1.165) is 6.54 Å². The van der Waals surface area contributed by atoms with Crippen LogP contribution in [0.2, 0.25) is 0 Å². The van der Waals surface area contributed by atoms with E-state index >= 15 is 0 Å². The Hall–Kier alpha value is -0.250. The molecule has 1 rings (SSSR count). The van der Waals surface area contributed by atoms with Crippen LogP contribution in [0.25, 0.3) is 0 Å². The summed E-state index contributed by atoms with van der Waals surface area (Å²) in [5, 5.41) is 3.24. The highest BCUT2D eigenvalue weighted by Gasteiger charge is 1.88. The molecular formula is C8H10IN. The maximum absolute atomic E-state index is 3.24. The SMILES string of the molecule is CCNc1cccc(I)c1. The van der Waals surface area contributed by atoms with Crippen LogP contribution in [-0.4, -0.2) is 6.54 Å². The average Bonchev–Trinajstić information content (AvgIpc) is 1.88. The number of halogens is 1. The minimum Gasteiger partial charge on any atom is -0.385 e. The summed E-state index contributed by atoms with van der Waals surface area (Å²) in [5.41, 5.74) is 1.20. The lowest BCUT2D eigenvalue weighted by Crippen LogP contribution is -1.95. The molecule has 0 saturated heterocycles. The van der Waals surface area contributed by atoms with Crippen LogP contribution in [0.3, 0.4) is 0 Å². The van der Waals surface area contributed by atoms with Crippen LogP contribution in [0, 0.1) is 3.57 Å². The van der Waals surface area contributed by atoms with Crippen molar-refractivity contribution < 1.29 is 0 Å². The van der Waals surface area contributed by atoms with Crippen molar-refractivity contribution in [2.24, 2.45) is 0 Å². The maximum Gasteiger partial charge on any atom is 0.0350 e. The number of rotatable bonds is 2. The topological polar surface area (TPSA) is 12.0 Å². The molecule has 0 unspecified atom stereocenters. The summed E-state index contributed by atoms with van der Waals surface area (Å²) < 4.78 is 1.27. The van der Waals surface area contributed by atoms with E-state index in [2.05, 4.69) is 59.1 Å². The molecule has 0 amide bonds. The number of hydrogen-bond donors (Lipinski definition) is 1. The van der Waals surface area contributed by atoms with E-state index in [0.29, 0.717) is 0 Å². The zero-order valence-electron chi connectivity index (χ0n) is 5.89. The van der Waals surface area contributed by atoms with Crippen LogP contribution in [0.4, 0.5) is 5.69 Å². The molecule has 1 aromatic rings. The van der Waals surface area contributed by atoms with Crippen LogP contribution in [0.15, 0.2) is 24.3 Å². The van der Waals surface area contributed by atoms with Gasteiger partial charge in [0.1, 0.15) is 0 Å². The number of benzene rings is 1. The van der Waals surface area contributed by atoms with Gasteiger partial charge >= 0.3 is 0 Å². The van der Waals surface area contributed by atoms with Gasteiger partial charge in [-0.1, -0.05) is 6.07 Å². The van der Waals surface area contributed by atoms with E-state index in [9.17, 15) is 0 Å². The largest absolute Gasteiger partial charge is 0.385 e. The molecule has 1 nitrogen and oxygen atoms in total. The molecule has 1 N–H and O–H groups in total. The predicted molar refractivity (Wildman–Crippen MR) is 53.3 cm³/mol. The normalized spacial score (nSPS) is 9.40. The van der Waals surface area contributed by atoms with Crippen LogP contribution in [0.1, 0.15) is 6.92 Å². The lowest BCUT2D eigenvalue weighted by molar-refractivity contribution is 1.21. The van der Waals surface area contributed by atoms with Gasteiger partial charge in [-0.2, -0.15) is 0 Å². The predicted octanol–water partition coefficient (Wildman–Crippen LogP) is 2.72. The first kappa shape index (κ1) is 7.85. The molecule has 0 aliphatic rings. The highest BCUT2D eigenvalue weighted by atomic mass is 127. The lowest BCUT2D eigenvalue weighted by Gasteiger charge is -2.01. The van der Waals surface area contributed by atoms with Crippen LogP contribution >= 0.6 is 22.6 Å². The Kier molecular flexibility index (Phi) is 2.99. The highest BCUT2D eigenvalue weighted by Crippen LogP contribution is 2.11. The first-order valence-corrected chi connectivity index (χ1v) is 4.40. The molecule has 0 aliphatic heterocycles. The standard InChI is InChI=1S/C8H10IN/c1-2-10-8-5-3-4-7(9)6-8/h3-6,10H,2H2,1H3. The molecule has 0 fully saturated rings. The number of anilines is 1. The zero-order chi connectivity index (χ0) is 7.40. The van der Waals surface area contributed by atoms with Crippen LogP contribution < -0.4 is 5.32 Å². The van der Waals surface area contributed by atoms with E-state index in [1.165, 1.54) is 9.26 Å². The highest BCUT2D eigenvalue weighted by molar-refractivity contribution is 14.1. The summed E-state index contributed by atoms with van der Waals surface area (Å²) in [6.45, 7) is 3.08. The number of hydrogen-bond acceptors (Lipinski definition) is 1. The summed E-state index contributed by atoms with van der Waals surface area (Å²) in [7, 11) is 0. The van der Waals surface area contributed by atoms with Crippen molar-refractivity contribution in [1.29, 1.82) is 0 Å². The fourth-order valence-electron chi connectivity index (χ4n) is 0.803. The summed E-state index contributed by atoms with van der Waals surface area (Å²) >= 11 is 2.31. The molecule has 0 atom stereocenters. The molecule has 0 spiro atoms. The molecule has 2 heteroatoms. The van der Waals surface area contributed by atoms with Crippen molar-refractivity contribution in [3.63, 3.8) is 0 Å². The molecule has 0 aromatic heterocycles. The Morgan fingerprint density at radius 1 is 1.50 bits per heavy atom. The van der Waals surface area contributed by atoms with Gasteiger partial charge in [0.2, 0.25) is 0 Å². The van der Waals surface area contributed by atoms with Crippen molar-refractivity contribution in [3.8, 4) is 0 Å². The van der Waals surface area contributed by atoms with Gasteiger partial charge in [-0.3, -0.25) is 0 Å². The zero-order valence-corrected chi connectivity index (χ0v) is 8.05. The second kappa shape index (κ2) is 3.81. The first-order valence-electron chi connectivity index (χ1n) is 3.32. The van der Waals surface area contributed by atoms with Crippen molar-refractivity contribution in [2.45, 2.75) is 6.92 Å². The first-order chi connectivity index (χ1) is 4.83. The second-order valence-electron chi connectivity index (χ2n) is 2.04. The third-order valence-corrected chi connectivity index (χ3v) is 1.88. The van der Waals surface area contributed by atoms with Crippen LogP contribution in [0.5, 0.6) is 0 Å². The van der Waals surface area contributed by atoms with E-state index in [4.69, 9.17) is 0 Å². The third-order valence-electron chi connectivity index (χ3n) is 1.21. The summed E-state index contributed by atoms with van der Waals surface area (Å²) in [5.74, 6) is 0. The Morgan fingerprint density at radius 3 is 2.90 bits per heavy atom. The minimum absolute atomic E-state index is 0.986. The van der Waals surface area contributed by atoms with Gasteiger partial charge in [0.15, 0.2) is 0 Å². The smallest absolute Gasteiger partial charge is 0.0350 e. The Balaban J connectivity index is 2.75. The summed E-state index contributed by atoms with van der Waals surface area (Å²) in [6, 6.07) is 8.34. The van der Waals surface area contributed by atoms with Gasteiger partial charge in [0.25, 0.3) is 0 Å². The van der Waals surface area contributed by atoms with E-state index in [1.807, 2.05) is 0 Å². The van der Waals surface area contributed by atoms with Gasteiger partial charge in [-0.25, -0.2) is 0 Å². The van der Waals surface area contributed by atoms with E-state index in [1.54, 1.807) is 0 Å². The molecule has 0 aliphatic carbocycles. The Bertz CT molecular complexity index is 210. The molecule has 0 heterocycles. The van der Waals surface area contributed by atoms with Crippen molar-refractivity contribution in [1.82, 2.24) is 0 Å². The van der Waals surface area contributed by atoms with Gasteiger partial charge in [-0.15, -0.1) is 0 Å².